The van der Waals surface area contributed by atoms with Gasteiger partial charge >= 0.3 is 6.09 Å². The van der Waals surface area contributed by atoms with Crippen LogP contribution >= 0.6 is 0 Å². The zero-order valence-corrected chi connectivity index (χ0v) is 14.6. The molecule has 0 spiro atoms. The molecule has 0 saturated carbocycles. The van der Waals surface area contributed by atoms with Crippen LogP contribution in [-0.4, -0.2) is 37.2 Å². The lowest BCUT2D eigenvalue weighted by atomic mass is 10.2. The van der Waals surface area contributed by atoms with E-state index in [1.807, 2.05) is 43.3 Å². The van der Waals surface area contributed by atoms with Gasteiger partial charge in [0.2, 0.25) is 0 Å². The van der Waals surface area contributed by atoms with Crippen molar-refractivity contribution in [1.82, 2.24) is 10.2 Å². The summed E-state index contributed by atoms with van der Waals surface area (Å²) in [4.78, 5) is 14.3. The summed E-state index contributed by atoms with van der Waals surface area (Å²) in [6, 6.07) is 15.9. The molecule has 132 valence electrons. The number of piperazine rings is 1. The molecule has 0 radical (unpaired) electrons. The summed E-state index contributed by atoms with van der Waals surface area (Å²) in [5, 5.41) is 6.12. The molecule has 1 aliphatic heterocycles. The van der Waals surface area contributed by atoms with Crippen LogP contribution in [0.5, 0.6) is 0 Å². The second-order valence-corrected chi connectivity index (χ2v) is 6.41. The highest BCUT2D eigenvalue weighted by Gasteiger charge is 2.10. The first kappa shape index (κ1) is 17.5. The summed E-state index contributed by atoms with van der Waals surface area (Å²) in [6.45, 7) is 7.49. The Kier molecular flexibility index (Phi) is 6.04. The lowest BCUT2D eigenvalue weighted by Crippen LogP contribution is -2.42. The number of anilines is 1. The van der Waals surface area contributed by atoms with Gasteiger partial charge in [-0.2, -0.15) is 0 Å². The first-order valence-electron chi connectivity index (χ1n) is 8.70. The van der Waals surface area contributed by atoms with E-state index in [4.69, 9.17) is 4.74 Å². The fraction of sp³-hybridized carbons (Fsp3) is 0.350. The summed E-state index contributed by atoms with van der Waals surface area (Å²) >= 11 is 0. The summed E-state index contributed by atoms with van der Waals surface area (Å²) in [6.07, 6.45) is -0.435. The Balaban J connectivity index is 1.45. The fourth-order valence-corrected chi connectivity index (χ4v) is 2.81. The average Bonchev–Trinajstić information content (AvgIpc) is 2.64. The van der Waals surface area contributed by atoms with Gasteiger partial charge in [0, 0.05) is 38.4 Å². The van der Waals surface area contributed by atoms with Crippen molar-refractivity contribution in [1.29, 1.82) is 0 Å². The quantitative estimate of drug-likeness (QED) is 0.879. The van der Waals surface area contributed by atoms with Crippen LogP contribution in [-0.2, 0) is 17.9 Å². The Morgan fingerprint density at radius 3 is 2.36 bits per heavy atom. The van der Waals surface area contributed by atoms with Gasteiger partial charge in [0.25, 0.3) is 0 Å². The Morgan fingerprint density at radius 1 is 1.04 bits per heavy atom. The predicted octanol–water partition coefficient (Wildman–Crippen LogP) is 3.15. The van der Waals surface area contributed by atoms with Crippen molar-refractivity contribution in [2.45, 2.75) is 20.1 Å². The smallest absolute Gasteiger partial charge is 0.411 e. The first-order valence-corrected chi connectivity index (χ1v) is 8.70. The summed E-state index contributed by atoms with van der Waals surface area (Å²) < 4.78 is 5.26. The SMILES string of the molecule is Cc1ccc(COC(=O)Nc2ccc(CN3CCNCC3)cc2)cc1. The van der Waals surface area contributed by atoms with Gasteiger partial charge in [-0.3, -0.25) is 10.2 Å². The van der Waals surface area contributed by atoms with Gasteiger partial charge in [-0.15, -0.1) is 0 Å². The van der Waals surface area contributed by atoms with Gasteiger partial charge in [-0.1, -0.05) is 42.0 Å². The molecular weight excluding hydrogens is 314 g/mol. The molecule has 1 fully saturated rings. The average molecular weight is 339 g/mol. The number of nitrogens with one attached hydrogen (secondary N) is 2. The number of carbonyl (C=O) groups is 1. The molecule has 0 aromatic heterocycles. The third-order valence-corrected chi connectivity index (χ3v) is 4.31. The molecular formula is C20H25N3O2. The van der Waals surface area contributed by atoms with E-state index in [-0.39, 0.29) is 6.61 Å². The summed E-state index contributed by atoms with van der Waals surface area (Å²) in [5.41, 5.74) is 4.17. The molecule has 5 heteroatoms. The standard InChI is InChI=1S/C20H25N3O2/c1-16-2-4-18(5-3-16)15-25-20(24)22-19-8-6-17(7-9-19)14-23-12-10-21-11-13-23/h2-9,21H,10-15H2,1H3,(H,22,24). The number of hydrogen-bond donors (Lipinski definition) is 2. The minimum atomic E-state index is -0.435. The highest BCUT2D eigenvalue weighted by molar-refractivity contribution is 5.84. The van der Waals surface area contributed by atoms with E-state index in [0.717, 1.165) is 44.0 Å². The molecule has 0 aliphatic carbocycles. The van der Waals surface area contributed by atoms with Crippen molar-refractivity contribution in [3.05, 3.63) is 65.2 Å². The van der Waals surface area contributed by atoms with Crippen molar-refractivity contribution in [3.8, 4) is 0 Å². The maximum absolute atomic E-state index is 11.9. The van der Waals surface area contributed by atoms with E-state index in [0.29, 0.717) is 0 Å². The minimum Gasteiger partial charge on any atom is -0.444 e. The Labute approximate surface area is 149 Å². The van der Waals surface area contributed by atoms with Crippen LogP contribution in [0.4, 0.5) is 10.5 Å². The van der Waals surface area contributed by atoms with Crippen LogP contribution in [0.15, 0.2) is 48.5 Å². The Morgan fingerprint density at radius 2 is 1.68 bits per heavy atom. The van der Waals surface area contributed by atoms with Gasteiger partial charge in [0.05, 0.1) is 0 Å². The number of nitrogens with zero attached hydrogens (tertiary/aromatic N) is 1. The van der Waals surface area contributed by atoms with Crippen molar-refractivity contribution in [3.63, 3.8) is 0 Å². The molecule has 2 aromatic carbocycles. The van der Waals surface area contributed by atoms with Gasteiger partial charge < -0.3 is 10.1 Å². The number of amides is 1. The molecule has 2 N–H and O–H groups in total. The number of benzene rings is 2. The van der Waals surface area contributed by atoms with Gasteiger partial charge in [-0.25, -0.2) is 4.79 Å². The second kappa shape index (κ2) is 8.65. The number of aryl methyl sites for hydroxylation is 1. The van der Waals surface area contributed by atoms with E-state index < -0.39 is 6.09 Å². The molecule has 0 atom stereocenters. The maximum Gasteiger partial charge on any atom is 0.411 e. The van der Waals surface area contributed by atoms with E-state index in [1.54, 1.807) is 0 Å². The van der Waals surface area contributed by atoms with Gasteiger partial charge in [-0.05, 0) is 30.2 Å². The molecule has 1 saturated heterocycles. The van der Waals surface area contributed by atoms with Gasteiger partial charge in [0.15, 0.2) is 0 Å². The maximum atomic E-state index is 11.9. The molecule has 3 rings (SSSR count). The molecule has 1 amide bonds. The van der Waals surface area contributed by atoms with E-state index in [1.165, 1.54) is 11.1 Å². The van der Waals surface area contributed by atoms with Crippen molar-refractivity contribution < 1.29 is 9.53 Å². The fourth-order valence-electron chi connectivity index (χ4n) is 2.81. The summed E-state index contributed by atoms with van der Waals surface area (Å²) in [5.74, 6) is 0. The van der Waals surface area contributed by atoms with E-state index >= 15 is 0 Å². The number of rotatable bonds is 5. The molecule has 0 bridgehead atoms. The van der Waals surface area contributed by atoms with Crippen LogP contribution in [0.25, 0.3) is 0 Å². The molecule has 1 heterocycles. The third-order valence-electron chi connectivity index (χ3n) is 4.31. The lowest BCUT2D eigenvalue weighted by molar-refractivity contribution is 0.155. The highest BCUT2D eigenvalue weighted by atomic mass is 16.5. The zero-order chi connectivity index (χ0) is 17.5. The topological polar surface area (TPSA) is 53.6 Å². The third kappa shape index (κ3) is 5.59. The van der Waals surface area contributed by atoms with Crippen LogP contribution in [0.2, 0.25) is 0 Å². The lowest BCUT2D eigenvalue weighted by Gasteiger charge is -2.27. The summed E-state index contributed by atoms with van der Waals surface area (Å²) in [7, 11) is 0. The van der Waals surface area contributed by atoms with Crippen molar-refractivity contribution in [2.75, 3.05) is 31.5 Å². The monoisotopic (exact) mass is 339 g/mol. The van der Waals surface area contributed by atoms with Crippen molar-refractivity contribution in [2.24, 2.45) is 0 Å². The first-order chi connectivity index (χ1) is 12.2. The Bertz CT molecular complexity index is 677. The largest absolute Gasteiger partial charge is 0.444 e. The molecule has 1 aliphatic rings. The van der Waals surface area contributed by atoms with E-state index in [9.17, 15) is 4.79 Å². The van der Waals surface area contributed by atoms with Crippen LogP contribution in [0.1, 0.15) is 16.7 Å². The van der Waals surface area contributed by atoms with Crippen LogP contribution < -0.4 is 10.6 Å². The molecule has 2 aromatic rings. The van der Waals surface area contributed by atoms with Gasteiger partial charge in [0.1, 0.15) is 6.61 Å². The molecule has 5 nitrogen and oxygen atoms in total. The highest BCUT2D eigenvalue weighted by Crippen LogP contribution is 2.13. The van der Waals surface area contributed by atoms with Crippen molar-refractivity contribution >= 4 is 11.8 Å². The Hall–Kier alpha value is -2.37. The normalized spacial score (nSPS) is 14.9. The zero-order valence-electron chi connectivity index (χ0n) is 14.6. The molecule has 25 heavy (non-hydrogen) atoms. The predicted molar refractivity (Wildman–Crippen MR) is 99.6 cm³/mol. The number of ether oxygens (including phenoxy) is 1. The van der Waals surface area contributed by atoms with Crippen LogP contribution in [0.3, 0.4) is 0 Å². The molecule has 0 unspecified atom stereocenters. The minimum absolute atomic E-state index is 0.271. The van der Waals surface area contributed by atoms with E-state index in [2.05, 4.69) is 27.7 Å². The number of carbonyl (C=O) groups excluding carboxylic acids is 1. The van der Waals surface area contributed by atoms with Crippen LogP contribution in [0, 0.1) is 6.92 Å². The number of hydrogen-bond acceptors (Lipinski definition) is 4. The second-order valence-electron chi connectivity index (χ2n) is 6.41.